The lowest BCUT2D eigenvalue weighted by Crippen LogP contribution is -2.21. The molecule has 0 radical (unpaired) electrons. The summed E-state index contributed by atoms with van der Waals surface area (Å²) in [5.74, 6) is -0.114. The van der Waals surface area contributed by atoms with Gasteiger partial charge in [-0.1, -0.05) is 6.92 Å². The van der Waals surface area contributed by atoms with Gasteiger partial charge in [-0.2, -0.15) is 11.8 Å². The van der Waals surface area contributed by atoms with Crippen molar-refractivity contribution in [3.8, 4) is 0 Å². The molecule has 1 rings (SSSR count). The van der Waals surface area contributed by atoms with Gasteiger partial charge in [-0.25, -0.2) is 0 Å². The van der Waals surface area contributed by atoms with Gasteiger partial charge in [0.05, 0.1) is 13.5 Å². The van der Waals surface area contributed by atoms with Crippen LogP contribution in [-0.4, -0.2) is 36.8 Å². The first-order valence-corrected chi connectivity index (χ1v) is 5.96. The van der Waals surface area contributed by atoms with Crippen molar-refractivity contribution in [2.24, 2.45) is 0 Å². The van der Waals surface area contributed by atoms with Crippen LogP contribution in [0, 0.1) is 0 Å². The first-order valence-electron chi connectivity index (χ1n) is 5.02. The first kappa shape index (κ1) is 11.9. The van der Waals surface area contributed by atoms with E-state index < -0.39 is 0 Å². The molecule has 1 saturated heterocycles. The normalized spacial score (nSPS) is 20.4. The lowest BCUT2D eigenvalue weighted by atomic mass is 10.2. The second kappa shape index (κ2) is 6.30. The Bertz CT molecular complexity index is 178. The van der Waals surface area contributed by atoms with E-state index in [4.69, 9.17) is 4.74 Å². The zero-order valence-electron chi connectivity index (χ0n) is 8.82. The predicted molar refractivity (Wildman–Crippen MR) is 57.5 cm³/mol. The second-order valence-electron chi connectivity index (χ2n) is 3.54. The number of thioether (sulfide) groups is 1. The summed E-state index contributed by atoms with van der Waals surface area (Å²) >= 11 is 1.88. The SMILES string of the molecule is COC(=O)CC(C)SC1CCOCC1. The molecule has 0 aromatic rings. The van der Waals surface area contributed by atoms with E-state index in [1.54, 1.807) is 0 Å². The lowest BCUT2D eigenvalue weighted by molar-refractivity contribution is -0.140. The van der Waals surface area contributed by atoms with Crippen molar-refractivity contribution >= 4 is 17.7 Å². The number of carbonyl (C=O) groups excluding carboxylic acids is 1. The highest BCUT2D eigenvalue weighted by molar-refractivity contribution is 8.00. The van der Waals surface area contributed by atoms with Gasteiger partial charge in [0.2, 0.25) is 0 Å². The molecular formula is C10H18O3S. The van der Waals surface area contributed by atoms with E-state index in [0.29, 0.717) is 16.9 Å². The largest absolute Gasteiger partial charge is 0.469 e. The van der Waals surface area contributed by atoms with Gasteiger partial charge in [-0.15, -0.1) is 0 Å². The van der Waals surface area contributed by atoms with Crippen LogP contribution < -0.4 is 0 Å². The van der Waals surface area contributed by atoms with Crippen molar-refractivity contribution in [3.63, 3.8) is 0 Å². The van der Waals surface area contributed by atoms with E-state index in [-0.39, 0.29) is 5.97 Å². The van der Waals surface area contributed by atoms with Crippen LogP contribution in [0.2, 0.25) is 0 Å². The van der Waals surface area contributed by atoms with Gasteiger partial charge in [0, 0.05) is 23.7 Å². The minimum atomic E-state index is -0.114. The minimum Gasteiger partial charge on any atom is -0.469 e. The van der Waals surface area contributed by atoms with Crippen LogP contribution in [0.5, 0.6) is 0 Å². The smallest absolute Gasteiger partial charge is 0.306 e. The average molecular weight is 218 g/mol. The van der Waals surface area contributed by atoms with Crippen LogP contribution in [0.15, 0.2) is 0 Å². The fraction of sp³-hybridized carbons (Fsp3) is 0.900. The highest BCUT2D eigenvalue weighted by Gasteiger charge is 2.18. The van der Waals surface area contributed by atoms with Crippen molar-refractivity contribution in [1.82, 2.24) is 0 Å². The Kier molecular flexibility index (Phi) is 5.33. The van der Waals surface area contributed by atoms with Crippen LogP contribution in [0.25, 0.3) is 0 Å². The Balaban J connectivity index is 2.18. The quantitative estimate of drug-likeness (QED) is 0.675. The molecular weight excluding hydrogens is 200 g/mol. The standard InChI is InChI=1S/C10H18O3S/c1-8(7-10(11)12-2)14-9-3-5-13-6-4-9/h8-9H,3-7H2,1-2H3. The molecule has 4 heteroatoms. The number of hydrogen-bond acceptors (Lipinski definition) is 4. The van der Waals surface area contributed by atoms with Gasteiger partial charge >= 0.3 is 5.97 Å². The molecule has 14 heavy (non-hydrogen) atoms. The molecule has 1 aliphatic heterocycles. The van der Waals surface area contributed by atoms with Crippen molar-refractivity contribution in [2.75, 3.05) is 20.3 Å². The third-order valence-corrected chi connectivity index (χ3v) is 3.76. The molecule has 0 N–H and O–H groups in total. The summed E-state index contributed by atoms with van der Waals surface area (Å²) in [4.78, 5) is 11.0. The van der Waals surface area contributed by atoms with Crippen LogP contribution in [0.1, 0.15) is 26.2 Å². The number of ether oxygens (including phenoxy) is 2. The Morgan fingerprint density at radius 1 is 1.57 bits per heavy atom. The van der Waals surface area contributed by atoms with Crippen molar-refractivity contribution in [2.45, 2.75) is 36.7 Å². The monoisotopic (exact) mass is 218 g/mol. The average Bonchev–Trinajstić information content (AvgIpc) is 2.19. The van der Waals surface area contributed by atoms with Crippen molar-refractivity contribution < 1.29 is 14.3 Å². The third kappa shape index (κ3) is 4.33. The van der Waals surface area contributed by atoms with Crippen molar-refractivity contribution in [1.29, 1.82) is 0 Å². The summed E-state index contributed by atoms with van der Waals surface area (Å²) in [6, 6.07) is 0. The zero-order valence-corrected chi connectivity index (χ0v) is 9.64. The van der Waals surface area contributed by atoms with Crippen LogP contribution in [0.4, 0.5) is 0 Å². The third-order valence-electron chi connectivity index (χ3n) is 2.27. The maximum Gasteiger partial charge on any atom is 0.306 e. The zero-order chi connectivity index (χ0) is 10.4. The summed E-state index contributed by atoms with van der Waals surface area (Å²) in [5.41, 5.74) is 0. The van der Waals surface area contributed by atoms with Gasteiger partial charge in [0.25, 0.3) is 0 Å². The fourth-order valence-electron chi connectivity index (χ4n) is 1.51. The van der Waals surface area contributed by atoms with E-state index >= 15 is 0 Å². The fourth-order valence-corrected chi connectivity index (χ4v) is 2.86. The van der Waals surface area contributed by atoms with E-state index in [9.17, 15) is 4.79 Å². The summed E-state index contributed by atoms with van der Waals surface area (Å²) in [6.45, 7) is 3.81. The number of esters is 1. The molecule has 0 saturated carbocycles. The molecule has 82 valence electrons. The van der Waals surface area contributed by atoms with E-state index in [1.807, 2.05) is 11.8 Å². The van der Waals surface area contributed by atoms with Crippen LogP contribution >= 0.6 is 11.8 Å². The first-order chi connectivity index (χ1) is 6.72. The van der Waals surface area contributed by atoms with Crippen molar-refractivity contribution in [3.05, 3.63) is 0 Å². The topological polar surface area (TPSA) is 35.5 Å². The second-order valence-corrected chi connectivity index (χ2v) is 5.28. The minimum absolute atomic E-state index is 0.114. The Morgan fingerprint density at radius 2 is 2.21 bits per heavy atom. The summed E-state index contributed by atoms with van der Waals surface area (Å²) in [6.07, 6.45) is 2.73. The van der Waals surface area contributed by atoms with Gasteiger partial charge < -0.3 is 9.47 Å². The number of rotatable bonds is 4. The Morgan fingerprint density at radius 3 is 2.79 bits per heavy atom. The van der Waals surface area contributed by atoms with Gasteiger partial charge in [0.15, 0.2) is 0 Å². The molecule has 1 fully saturated rings. The van der Waals surface area contributed by atoms with Crippen LogP contribution in [-0.2, 0) is 14.3 Å². The highest BCUT2D eigenvalue weighted by Crippen LogP contribution is 2.27. The highest BCUT2D eigenvalue weighted by atomic mass is 32.2. The molecule has 0 spiro atoms. The summed E-state index contributed by atoms with van der Waals surface area (Å²) < 4.78 is 9.91. The Hall–Kier alpha value is -0.220. The molecule has 0 aromatic heterocycles. The molecule has 1 heterocycles. The maximum absolute atomic E-state index is 11.0. The predicted octanol–water partition coefficient (Wildman–Crippen LogP) is 1.85. The molecule has 3 nitrogen and oxygen atoms in total. The molecule has 1 aliphatic rings. The number of hydrogen-bond donors (Lipinski definition) is 0. The molecule has 0 aliphatic carbocycles. The van der Waals surface area contributed by atoms with Crippen LogP contribution in [0.3, 0.4) is 0 Å². The lowest BCUT2D eigenvalue weighted by Gasteiger charge is -2.24. The van der Waals surface area contributed by atoms with Gasteiger partial charge in [-0.3, -0.25) is 4.79 Å². The number of carbonyl (C=O) groups is 1. The molecule has 0 aromatic carbocycles. The molecule has 0 amide bonds. The van der Waals surface area contributed by atoms with Gasteiger partial charge in [0.1, 0.15) is 0 Å². The maximum atomic E-state index is 11.0. The number of methoxy groups -OCH3 is 1. The molecule has 0 bridgehead atoms. The van der Waals surface area contributed by atoms with Gasteiger partial charge in [-0.05, 0) is 12.8 Å². The Labute approximate surface area is 89.5 Å². The summed E-state index contributed by atoms with van der Waals surface area (Å²) in [7, 11) is 1.44. The molecule has 1 atom stereocenters. The summed E-state index contributed by atoms with van der Waals surface area (Å²) in [5, 5.41) is 1.01. The van der Waals surface area contributed by atoms with E-state index in [2.05, 4.69) is 11.7 Å². The van der Waals surface area contributed by atoms with E-state index in [1.165, 1.54) is 7.11 Å². The molecule has 1 unspecified atom stereocenters. The van der Waals surface area contributed by atoms with E-state index in [0.717, 1.165) is 26.1 Å².